The van der Waals surface area contributed by atoms with Gasteiger partial charge in [-0.15, -0.1) is 0 Å². The molecule has 2 nitrogen and oxygen atoms in total. The fraction of sp³-hybridized carbons (Fsp3) is 1.00. The Morgan fingerprint density at radius 3 is 2.12 bits per heavy atom. The van der Waals surface area contributed by atoms with Gasteiger partial charge in [0.15, 0.2) is 0 Å². The van der Waals surface area contributed by atoms with Gasteiger partial charge in [0, 0.05) is 25.2 Å². The molecular weight excluding hydrogens is 198 g/mol. The van der Waals surface area contributed by atoms with Crippen LogP contribution in [0.15, 0.2) is 0 Å². The van der Waals surface area contributed by atoms with E-state index in [1.165, 1.54) is 44.9 Å². The van der Waals surface area contributed by atoms with E-state index in [1.54, 1.807) is 0 Å². The third-order valence-electron chi connectivity index (χ3n) is 4.57. The molecule has 0 atom stereocenters. The van der Waals surface area contributed by atoms with E-state index in [9.17, 15) is 0 Å². The van der Waals surface area contributed by atoms with Gasteiger partial charge in [-0.1, -0.05) is 13.3 Å². The maximum absolute atomic E-state index is 9.00. The van der Waals surface area contributed by atoms with E-state index in [2.05, 4.69) is 11.8 Å². The molecule has 2 saturated carbocycles. The van der Waals surface area contributed by atoms with Crippen molar-refractivity contribution in [2.75, 3.05) is 13.2 Å². The van der Waals surface area contributed by atoms with Crippen LogP contribution in [0.3, 0.4) is 0 Å². The summed E-state index contributed by atoms with van der Waals surface area (Å²) < 4.78 is 0. The molecule has 2 fully saturated rings. The number of aliphatic hydroxyl groups is 1. The quantitative estimate of drug-likeness (QED) is 0.777. The molecule has 0 bridgehead atoms. The molecule has 2 heteroatoms. The molecule has 0 spiro atoms. The van der Waals surface area contributed by atoms with E-state index in [0.717, 1.165) is 31.0 Å². The Morgan fingerprint density at radius 2 is 1.62 bits per heavy atom. The standard InChI is InChI=1S/C14H27NO/c1-12-6-8-14(9-7-12)15(10-3-11-16)13-4-2-5-13/h12-14,16H,2-11H2,1H3. The summed E-state index contributed by atoms with van der Waals surface area (Å²) in [6.07, 6.45) is 10.8. The molecule has 0 aromatic heterocycles. The summed E-state index contributed by atoms with van der Waals surface area (Å²) in [6.45, 7) is 3.87. The van der Waals surface area contributed by atoms with Crippen molar-refractivity contribution in [3.8, 4) is 0 Å². The summed E-state index contributed by atoms with van der Waals surface area (Å²) in [6, 6.07) is 1.68. The Bertz CT molecular complexity index is 195. The molecule has 94 valence electrons. The van der Waals surface area contributed by atoms with Crippen LogP contribution in [0.4, 0.5) is 0 Å². The first-order valence-electron chi connectivity index (χ1n) is 7.18. The minimum Gasteiger partial charge on any atom is -0.396 e. The average molecular weight is 225 g/mol. The Morgan fingerprint density at radius 1 is 1.00 bits per heavy atom. The van der Waals surface area contributed by atoms with Crippen molar-refractivity contribution in [2.24, 2.45) is 5.92 Å². The Balaban J connectivity index is 1.84. The van der Waals surface area contributed by atoms with Crippen molar-refractivity contribution in [2.45, 2.75) is 70.4 Å². The average Bonchev–Trinajstić information content (AvgIpc) is 2.23. The van der Waals surface area contributed by atoms with Gasteiger partial charge in [0.1, 0.15) is 0 Å². The normalized spacial score (nSPS) is 31.7. The maximum atomic E-state index is 9.00. The first-order chi connectivity index (χ1) is 7.81. The van der Waals surface area contributed by atoms with Gasteiger partial charge in [0.05, 0.1) is 0 Å². The van der Waals surface area contributed by atoms with E-state index in [-0.39, 0.29) is 0 Å². The molecule has 0 aromatic rings. The van der Waals surface area contributed by atoms with Crippen LogP contribution >= 0.6 is 0 Å². The summed E-state index contributed by atoms with van der Waals surface area (Å²) in [5.74, 6) is 0.942. The monoisotopic (exact) mass is 225 g/mol. The van der Waals surface area contributed by atoms with E-state index in [0.29, 0.717) is 6.61 Å². The molecule has 2 rings (SSSR count). The molecule has 2 aliphatic carbocycles. The smallest absolute Gasteiger partial charge is 0.0443 e. The van der Waals surface area contributed by atoms with Gasteiger partial charge in [-0.05, 0) is 50.9 Å². The van der Waals surface area contributed by atoms with Crippen LogP contribution in [0.25, 0.3) is 0 Å². The molecule has 0 amide bonds. The number of rotatable bonds is 5. The van der Waals surface area contributed by atoms with E-state index in [4.69, 9.17) is 5.11 Å². The molecule has 0 unspecified atom stereocenters. The van der Waals surface area contributed by atoms with Crippen molar-refractivity contribution in [3.63, 3.8) is 0 Å². The Labute approximate surface area is 100 Å². The van der Waals surface area contributed by atoms with E-state index in [1.807, 2.05) is 0 Å². The highest BCUT2D eigenvalue weighted by Crippen LogP contribution is 2.33. The predicted octanol–water partition coefficient (Wildman–Crippen LogP) is 2.80. The molecule has 0 aliphatic heterocycles. The van der Waals surface area contributed by atoms with Gasteiger partial charge >= 0.3 is 0 Å². The molecule has 0 heterocycles. The van der Waals surface area contributed by atoms with Gasteiger partial charge in [0.25, 0.3) is 0 Å². The summed E-state index contributed by atoms with van der Waals surface area (Å²) in [7, 11) is 0. The van der Waals surface area contributed by atoms with Crippen LogP contribution in [-0.4, -0.2) is 35.2 Å². The molecular formula is C14H27NO. The Kier molecular flexibility index (Phi) is 4.66. The summed E-state index contributed by atoms with van der Waals surface area (Å²) in [5.41, 5.74) is 0. The highest BCUT2D eigenvalue weighted by molar-refractivity contribution is 4.87. The number of hydrogen-bond donors (Lipinski definition) is 1. The first kappa shape index (κ1) is 12.4. The predicted molar refractivity (Wildman–Crippen MR) is 67.5 cm³/mol. The molecule has 16 heavy (non-hydrogen) atoms. The van der Waals surface area contributed by atoms with Crippen molar-refractivity contribution in [1.29, 1.82) is 0 Å². The van der Waals surface area contributed by atoms with Crippen LogP contribution in [0.1, 0.15) is 58.3 Å². The first-order valence-corrected chi connectivity index (χ1v) is 7.18. The maximum Gasteiger partial charge on any atom is 0.0443 e. The van der Waals surface area contributed by atoms with Crippen molar-refractivity contribution in [3.05, 3.63) is 0 Å². The van der Waals surface area contributed by atoms with Crippen LogP contribution in [0.2, 0.25) is 0 Å². The second kappa shape index (κ2) is 6.02. The molecule has 0 radical (unpaired) electrons. The molecule has 1 N–H and O–H groups in total. The summed E-state index contributed by atoms with van der Waals surface area (Å²) >= 11 is 0. The van der Waals surface area contributed by atoms with Gasteiger partial charge in [-0.3, -0.25) is 4.90 Å². The van der Waals surface area contributed by atoms with Gasteiger partial charge in [0.2, 0.25) is 0 Å². The number of hydrogen-bond acceptors (Lipinski definition) is 2. The van der Waals surface area contributed by atoms with Crippen LogP contribution in [0.5, 0.6) is 0 Å². The third kappa shape index (κ3) is 2.98. The highest BCUT2D eigenvalue weighted by atomic mass is 16.3. The third-order valence-corrected chi connectivity index (χ3v) is 4.57. The fourth-order valence-corrected chi connectivity index (χ4v) is 3.21. The minimum absolute atomic E-state index is 0.354. The van der Waals surface area contributed by atoms with Crippen LogP contribution in [-0.2, 0) is 0 Å². The zero-order valence-corrected chi connectivity index (χ0v) is 10.7. The second-order valence-corrected chi connectivity index (χ2v) is 5.81. The summed E-state index contributed by atoms with van der Waals surface area (Å²) in [5, 5.41) is 9.00. The van der Waals surface area contributed by atoms with E-state index < -0.39 is 0 Å². The lowest BCUT2D eigenvalue weighted by molar-refractivity contribution is 0.0472. The number of nitrogens with zero attached hydrogens (tertiary/aromatic N) is 1. The zero-order chi connectivity index (χ0) is 11.4. The zero-order valence-electron chi connectivity index (χ0n) is 10.7. The minimum atomic E-state index is 0.354. The topological polar surface area (TPSA) is 23.5 Å². The fourth-order valence-electron chi connectivity index (χ4n) is 3.21. The molecule has 2 aliphatic rings. The lowest BCUT2D eigenvalue weighted by Crippen LogP contribution is -2.48. The van der Waals surface area contributed by atoms with Crippen molar-refractivity contribution >= 4 is 0 Å². The largest absolute Gasteiger partial charge is 0.396 e. The lowest BCUT2D eigenvalue weighted by atomic mass is 9.83. The summed E-state index contributed by atoms with van der Waals surface area (Å²) in [4.78, 5) is 2.73. The van der Waals surface area contributed by atoms with E-state index >= 15 is 0 Å². The molecule has 0 saturated heterocycles. The highest BCUT2D eigenvalue weighted by Gasteiger charge is 2.31. The van der Waals surface area contributed by atoms with Gasteiger partial charge < -0.3 is 5.11 Å². The van der Waals surface area contributed by atoms with Crippen LogP contribution in [0, 0.1) is 5.92 Å². The van der Waals surface area contributed by atoms with Gasteiger partial charge in [-0.25, -0.2) is 0 Å². The second-order valence-electron chi connectivity index (χ2n) is 5.81. The van der Waals surface area contributed by atoms with Crippen molar-refractivity contribution in [1.82, 2.24) is 4.90 Å². The Hall–Kier alpha value is -0.0800. The van der Waals surface area contributed by atoms with Gasteiger partial charge in [-0.2, -0.15) is 0 Å². The lowest BCUT2D eigenvalue weighted by Gasteiger charge is -2.44. The SMILES string of the molecule is CC1CCC(N(CCCO)C2CCC2)CC1. The number of aliphatic hydroxyl groups excluding tert-OH is 1. The van der Waals surface area contributed by atoms with Crippen LogP contribution < -0.4 is 0 Å². The molecule has 0 aromatic carbocycles. The van der Waals surface area contributed by atoms with Crippen molar-refractivity contribution < 1.29 is 5.11 Å².